The van der Waals surface area contributed by atoms with Crippen LogP contribution in [0, 0.1) is 0 Å². The molecule has 0 saturated carbocycles. The Morgan fingerprint density at radius 2 is 1.92 bits per heavy atom. The van der Waals surface area contributed by atoms with Crippen LogP contribution in [-0.4, -0.2) is 10.9 Å². The molecule has 1 atom stereocenters. The first kappa shape index (κ1) is 8.78. The maximum atomic E-state index is 8.55. The second-order valence-electron chi connectivity index (χ2n) is 2.87. The van der Waals surface area contributed by atoms with Crippen LogP contribution in [-0.2, 0) is 0 Å². The first-order valence-electron chi connectivity index (χ1n) is 3.99. The van der Waals surface area contributed by atoms with Crippen molar-refractivity contribution in [2.45, 2.75) is 19.8 Å². The smallest absolute Gasteiger partial charge is 0.0611 e. The van der Waals surface area contributed by atoms with Crippen LogP contribution in [0.25, 0.3) is 0 Å². The van der Waals surface area contributed by atoms with Crippen molar-refractivity contribution in [3.8, 4) is 0 Å². The molecule has 0 amide bonds. The first-order chi connectivity index (χ1) is 5.75. The SMILES string of the molecule is C/C(=N\O)[C@@H](C)c1ccccc1. The standard InChI is InChI=1S/C10H13NO/c1-8(9(2)11-12)10-6-4-3-5-7-10/h3-8,12H,1-2H3/b11-9+/t8-/m1/s1. The summed E-state index contributed by atoms with van der Waals surface area (Å²) in [7, 11) is 0. The highest BCUT2D eigenvalue weighted by Gasteiger charge is 2.07. The summed E-state index contributed by atoms with van der Waals surface area (Å²) < 4.78 is 0. The minimum atomic E-state index is 0.191. The molecule has 12 heavy (non-hydrogen) atoms. The van der Waals surface area contributed by atoms with E-state index in [1.807, 2.05) is 44.2 Å². The maximum absolute atomic E-state index is 8.55. The van der Waals surface area contributed by atoms with Crippen molar-refractivity contribution >= 4 is 5.71 Å². The molecule has 0 heterocycles. The zero-order valence-corrected chi connectivity index (χ0v) is 7.36. The summed E-state index contributed by atoms with van der Waals surface area (Å²) in [4.78, 5) is 0. The molecule has 0 aliphatic carbocycles. The summed E-state index contributed by atoms with van der Waals surface area (Å²) in [5.41, 5.74) is 1.91. The predicted molar refractivity (Wildman–Crippen MR) is 49.8 cm³/mol. The van der Waals surface area contributed by atoms with Crippen LogP contribution in [0.3, 0.4) is 0 Å². The van der Waals surface area contributed by atoms with E-state index in [9.17, 15) is 0 Å². The number of hydrogen-bond donors (Lipinski definition) is 1. The van der Waals surface area contributed by atoms with E-state index in [1.54, 1.807) is 0 Å². The van der Waals surface area contributed by atoms with Gasteiger partial charge in [0.2, 0.25) is 0 Å². The highest BCUT2D eigenvalue weighted by Crippen LogP contribution is 2.15. The van der Waals surface area contributed by atoms with E-state index in [0.717, 1.165) is 5.71 Å². The minimum Gasteiger partial charge on any atom is -0.411 e. The van der Waals surface area contributed by atoms with Crippen LogP contribution in [0.1, 0.15) is 25.3 Å². The normalized spacial score (nSPS) is 14.3. The minimum absolute atomic E-state index is 0.191. The molecule has 1 N–H and O–H groups in total. The Morgan fingerprint density at radius 1 is 1.33 bits per heavy atom. The Kier molecular flexibility index (Phi) is 2.86. The van der Waals surface area contributed by atoms with Crippen molar-refractivity contribution in [1.29, 1.82) is 0 Å². The summed E-state index contributed by atoms with van der Waals surface area (Å²) in [5.74, 6) is 0.191. The van der Waals surface area contributed by atoms with Crippen LogP contribution >= 0.6 is 0 Å². The number of benzene rings is 1. The Balaban J connectivity index is 2.86. The fraction of sp³-hybridized carbons (Fsp3) is 0.300. The van der Waals surface area contributed by atoms with Gasteiger partial charge in [-0.3, -0.25) is 0 Å². The van der Waals surface area contributed by atoms with Gasteiger partial charge in [0.1, 0.15) is 0 Å². The van der Waals surface area contributed by atoms with Gasteiger partial charge in [-0.25, -0.2) is 0 Å². The van der Waals surface area contributed by atoms with E-state index < -0.39 is 0 Å². The van der Waals surface area contributed by atoms with Gasteiger partial charge in [-0.1, -0.05) is 42.4 Å². The summed E-state index contributed by atoms with van der Waals surface area (Å²) in [6, 6.07) is 9.99. The number of hydrogen-bond acceptors (Lipinski definition) is 2. The summed E-state index contributed by atoms with van der Waals surface area (Å²) in [5, 5.41) is 11.7. The van der Waals surface area contributed by atoms with E-state index in [-0.39, 0.29) is 5.92 Å². The molecule has 2 nitrogen and oxygen atoms in total. The van der Waals surface area contributed by atoms with Gasteiger partial charge in [0.15, 0.2) is 0 Å². The average molecular weight is 163 g/mol. The van der Waals surface area contributed by atoms with Crippen molar-refractivity contribution in [2.75, 3.05) is 0 Å². The summed E-state index contributed by atoms with van der Waals surface area (Å²) in [6.45, 7) is 3.84. The highest BCUT2D eigenvalue weighted by atomic mass is 16.4. The molecule has 2 heteroatoms. The molecule has 0 unspecified atom stereocenters. The molecule has 0 aromatic heterocycles. The van der Waals surface area contributed by atoms with Crippen LogP contribution in [0.15, 0.2) is 35.5 Å². The lowest BCUT2D eigenvalue weighted by Crippen LogP contribution is -2.04. The molecule has 64 valence electrons. The van der Waals surface area contributed by atoms with Crippen molar-refractivity contribution in [3.05, 3.63) is 35.9 Å². The van der Waals surface area contributed by atoms with Gasteiger partial charge in [0.25, 0.3) is 0 Å². The first-order valence-corrected chi connectivity index (χ1v) is 3.99. The largest absolute Gasteiger partial charge is 0.411 e. The van der Waals surface area contributed by atoms with E-state index in [0.29, 0.717) is 0 Å². The summed E-state index contributed by atoms with van der Waals surface area (Å²) in [6.07, 6.45) is 0. The van der Waals surface area contributed by atoms with Crippen LogP contribution in [0.2, 0.25) is 0 Å². The van der Waals surface area contributed by atoms with Gasteiger partial charge in [-0.2, -0.15) is 0 Å². The molecule has 1 aromatic carbocycles. The lowest BCUT2D eigenvalue weighted by Gasteiger charge is -2.08. The second kappa shape index (κ2) is 3.90. The van der Waals surface area contributed by atoms with Gasteiger partial charge >= 0.3 is 0 Å². The van der Waals surface area contributed by atoms with Crippen LogP contribution < -0.4 is 0 Å². The fourth-order valence-electron chi connectivity index (χ4n) is 1.07. The van der Waals surface area contributed by atoms with Crippen molar-refractivity contribution in [3.63, 3.8) is 0 Å². The number of rotatable bonds is 2. The van der Waals surface area contributed by atoms with Crippen molar-refractivity contribution < 1.29 is 5.21 Å². The topological polar surface area (TPSA) is 32.6 Å². The average Bonchev–Trinajstić information content (AvgIpc) is 2.17. The van der Waals surface area contributed by atoms with Crippen LogP contribution in [0.4, 0.5) is 0 Å². The lowest BCUT2D eigenvalue weighted by molar-refractivity contribution is 0.316. The molecule has 0 fully saturated rings. The maximum Gasteiger partial charge on any atom is 0.0611 e. The number of oxime groups is 1. The third-order valence-electron chi connectivity index (χ3n) is 2.08. The van der Waals surface area contributed by atoms with Gasteiger partial charge in [0.05, 0.1) is 5.71 Å². The van der Waals surface area contributed by atoms with Gasteiger partial charge < -0.3 is 5.21 Å². The molecule has 0 saturated heterocycles. The predicted octanol–water partition coefficient (Wildman–Crippen LogP) is 2.64. The fourth-order valence-corrected chi connectivity index (χ4v) is 1.07. The molecule has 0 radical (unpaired) electrons. The van der Waals surface area contributed by atoms with Gasteiger partial charge in [0, 0.05) is 5.92 Å². The number of nitrogens with zero attached hydrogens (tertiary/aromatic N) is 1. The Labute approximate surface area is 72.5 Å². The Morgan fingerprint density at radius 3 is 2.42 bits per heavy atom. The zero-order valence-electron chi connectivity index (χ0n) is 7.36. The molecule has 0 bridgehead atoms. The summed E-state index contributed by atoms with van der Waals surface area (Å²) >= 11 is 0. The molecular weight excluding hydrogens is 150 g/mol. The molecule has 1 aromatic rings. The van der Waals surface area contributed by atoms with E-state index >= 15 is 0 Å². The molecule has 0 aliphatic heterocycles. The second-order valence-corrected chi connectivity index (χ2v) is 2.87. The quantitative estimate of drug-likeness (QED) is 0.405. The Hall–Kier alpha value is -1.31. The van der Waals surface area contributed by atoms with Crippen LogP contribution in [0.5, 0.6) is 0 Å². The Bertz CT molecular complexity index is 266. The molecule has 1 rings (SSSR count). The third-order valence-corrected chi connectivity index (χ3v) is 2.08. The van der Waals surface area contributed by atoms with Gasteiger partial charge in [-0.05, 0) is 12.5 Å². The van der Waals surface area contributed by atoms with Crippen molar-refractivity contribution in [2.24, 2.45) is 5.16 Å². The molecule has 0 aliphatic rings. The van der Waals surface area contributed by atoms with E-state index in [1.165, 1.54) is 5.56 Å². The molecule has 0 spiro atoms. The van der Waals surface area contributed by atoms with Gasteiger partial charge in [-0.15, -0.1) is 0 Å². The molecular formula is C10H13NO. The van der Waals surface area contributed by atoms with E-state index in [2.05, 4.69) is 5.16 Å². The van der Waals surface area contributed by atoms with E-state index in [4.69, 9.17) is 5.21 Å². The third kappa shape index (κ3) is 1.84. The monoisotopic (exact) mass is 163 g/mol. The zero-order chi connectivity index (χ0) is 8.97. The highest BCUT2D eigenvalue weighted by molar-refractivity contribution is 5.87. The van der Waals surface area contributed by atoms with Crippen molar-refractivity contribution in [1.82, 2.24) is 0 Å². The lowest BCUT2D eigenvalue weighted by atomic mass is 9.97.